The SMILES string of the molecule is O=C(O)CNC(=O)Nc1ccc(F)cn1. The molecule has 80 valence electrons. The lowest BCUT2D eigenvalue weighted by molar-refractivity contribution is -0.135. The van der Waals surface area contributed by atoms with Gasteiger partial charge >= 0.3 is 12.0 Å². The average Bonchev–Trinajstić information content (AvgIpc) is 2.19. The van der Waals surface area contributed by atoms with Gasteiger partial charge in [0.25, 0.3) is 0 Å². The minimum absolute atomic E-state index is 0.138. The Labute approximate surface area is 84.1 Å². The van der Waals surface area contributed by atoms with Gasteiger partial charge < -0.3 is 10.4 Å². The van der Waals surface area contributed by atoms with E-state index < -0.39 is 24.4 Å². The first-order valence-corrected chi connectivity index (χ1v) is 3.96. The molecule has 2 amide bonds. The molecule has 0 aromatic carbocycles. The van der Waals surface area contributed by atoms with Crippen molar-refractivity contribution in [3.05, 3.63) is 24.1 Å². The molecule has 0 radical (unpaired) electrons. The normalized spacial score (nSPS) is 9.40. The number of carboxylic acids is 1. The van der Waals surface area contributed by atoms with Crippen LogP contribution in [0.4, 0.5) is 15.0 Å². The molecule has 0 aliphatic carbocycles. The second-order valence-electron chi connectivity index (χ2n) is 2.56. The lowest BCUT2D eigenvalue weighted by atomic mass is 10.4. The third kappa shape index (κ3) is 4.03. The van der Waals surface area contributed by atoms with Crippen LogP contribution in [-0.2, 0) is 4.79 Å². The number of nitrogens with zero attached hydrogens (tertiary/aromatic N) is 1. The van der Waals surface area contributed by atoms with E-state index >= 15 is 0 Å². The number of aromatic nitrogens is 1. The fraction of sp³-hybridized carbons (Fsp3) is 0.125. The Morgan fingerprint density at radius 2 is 2.20 bits per heavy atom. The summed E-state index contributed by atoms with van der Waals surface area (Å²) in [5.41, 5.74) is 0. The molecule has 0 spiro atoms. The largest absolute Gasteiger partial charge is 0.480 e. The number of amides is 2. The van der Waals surface area contributed by atoms with Gasteiger partial charge in [-0.05, 0) is 12.1 Å². The number of nitrogens with one attached hydrogen (secondary N) is 2. The van der Waals surface area contributed by atoms with Crippen LogP contribution in [-0.4, -0.2) is 28.6 Å². The van der Waals surface area contributed by atoms with Crippen LogP contribution < -0.4 is 10.6 Å². The number of urea groups is 1. The topological polar surface area (TPSA) is 91.3 Å². The van der Waals surface area contributed by atoms with Gasteiger partial charge in [0.15, 0.2) is 0 Å². The van der Waals surface area contributed by atoms with Crippen LogP contribution in [0.25, 0.3) is 0 Å². The van der Waals surface area contributed by atoms with Crippen molar-refractivity contribution in [2.24, 2.45) is 0 Å². The van der Waals surface area contributed by atoms with Gasteiger partial charge in [-0.1, -0.05) is 0 Å². The zero-order chi connectivity index (χ0) is 11.3. The van der Waals surface area contributed by atoms with E-state index in [4.69, 9.17) is 5.11 Å². The van der Waals surface area contributed by atoms with Crippen LogP contribution in [0.5, 0.6) is 0 Å². The van der Waals surface area contributed by atoms with Crippen molar-refractivity contribution < 1.29 is 19.1 Å². The Kier molecular flexibility index (Phi) is 3.55. The van der Waals surface area contributed by atoms with Crippen LogP contribution in [0, 0.1) is 5.82 Å². The molecule has 1 heterocycles. The Morgan fingerprint density at radius 3 is 2.73 bits per heavy atom. The van der Waals surface area contributed by atoms with Crippen molar-refractivity contribution in [2.45, 2.75) is 0 Å². The maximum absolute atomic E-state index is 12.4. The van der Waals surface area contributed by atoms with E-state index in [0.717, 1.165) is 12.3 Å². The number of carbonyl (C=O) groups excluding carboxylic acids is 1. The molecule has 0 saturated heterocycles. The summed E-state index contributed by atoms with van der Waals surface area (Å²) in [7, 11) is 0. The first kappa shape index (κ1) is 10.9. The molecule has 0 aliphatic rings. The van der Waals surface area contributed by atoms with E-state index in [2.05, 4.69) is 15.6 Å². The van der Waals surface area contributed by atoms with E-state index in [1.165, 1.54) is 6.07 Å². The lowest BCUT2D eigenvalue weighted by Crippen LogP contribution is -2.33. The molecule has 0 aliphatic heterocycles. The Morgan fingerprint density at radius 1 is 1.47 bits per heavy atom. The maximum atomic E-state index is 12.4. The second kappa shape index (κ2) is 4.89. The molecular formula is C8H8FN3O3. The summed E-state index contributed by atoms with van der Waals surface area (Å²) < 4.78 is 12.4. The van der Waals surface area contributed by atoms with Gasteiger partial charge in [0.1, 0.15) is 18.2 Å². The van der Waals surface area contributed by atoms with Crippen molar-refractivity contribution in [3.8, 4) is 0 Å². The van der Waals surface area contributed by atoms with Crippen molar-refractivity contribution in [1.82, 2.24) is 10.3 Å². The van der Waals surface area contributed by atoms with Gasteiger partial charge in [-0.15, -0.1) is 0 Å². The average molecular weight is 213 g/mol. The minimum atomic E-state index is -1.16. The monoisotopic (exact) mass is 213 g/mol. The summed E-state index contributed by atoms with van der Waals surface area (Å²) >= 11 is 0. The highest BCUT2D eigenvalue weighted by Crippen LogP contribution is 2.02. The van der Waals surface area contributed by atoms with E-state index in [-0.39, 0.29) is 5.82 Å². The number of carbonyl (C=O) groups is 2. The summed E-state index contributed by atoms with van der Waals surface area (Å²) in [5.74, 6) is -1.54. The summed E-state index contributed by atoms with van der Waals surface area (Å²) in [6.45, 7) is -0.493. The third-order valence-corrected chi connectivity index (χ3v) is 1.37. The van der Waals surface area contributed by atoms with Crippen LogP contribution in [0.15, 0.2) is 18.3 Å². The second-order valence-corrected chi connectivity index (χ2v) is 2.56. The summed E-state index contributed by atoms with van der Waals surface area (Å²) in [6, 6.07) is 1.67. The molecule has 7 heteroatoms. The van der Waals surface area contributed by atoms with E-state index in [1.54, 1.807) is 0 Å². The molecule has 0 fully saturated rings. The van der Waals surface area contributed by atoms with Gasteiger partial charge in [0, 0.05) is 0 Å². The number of hydrogen-bond acceptors (Lipinski definition) is 3. The summed E-state index contributed by atoms with van der Waals surface area (Å²) in [5, 5.41) is 12.6. The van der Waals surface area contributed by atoms with Gasteiger partial charge in [-0.25, -0.2) is 14.2 Å². The van der Waals surface area contributed by atoms with E-state index in [1.807, 2.05) is 0 Å². The zero-order valence-electron chi connectivity index (χ0n) is 7.53. The Hall–Kier alpha value is -2.18. The molecular weight excluding hydrogens is 205 g/mol. The standard InChI is InChI=1S/C8H8FN3O3/c9-5-1-2-6(10-3-5)12-8(15)11-4-7(13)14/h1-3H,4H2,(H,13,14)(H2,10,11,12,15). The number of anilines is 1. The van der Waals surface area contributed by atoms with Crippen LogP contribution >= 0.6 is 0 Å². The molecule has 0 bridgehead atoms. The first-order valence-electron chi connectivity index (χ1n) is 3.96. The van der Waals surface area contributed by atoms with Gasteiger partial charge in [-0.3, -0.25) is 10.1 Å². The number of carboxylic acid groups (broad SMARTS) is 1. The Bertz CT molecular complexity index is 366. The molecule has 1 aromatic rings. The minimum Gasteiger partial charge on any atom is -0.480 e. The fourth-order valence-corrected chi connectivity index (χ4v) is 0.766. The van der Waals surface area contributed by atoms with E-state index in [9.17, 15) is 14.0 Å². The molecule has 0 unspecified atom stereocenters. The summed E-state index contributed by atoms with van der Waals surface area (Å²) in [6.07, 6.45) is 0.937. The molecule has 0 atom stereocenters. The van der Waals surface area contributed by atoms with Gasteiger partial charge in [0.05, 0.1) is 6.20 Å². The van der Waals surface area contributed by atoms with Crippen molar-refractivity contribution in [3.63, 3.8) is 0 Å². The predicted molar refractivity (Wildman–Crippen MR) is 48.9 cm³/mol. The quantitative estimate of drug-likeness (QED) is 0.678. The Balaban J connectivity index is 2.44. The number of pyridine rings is 1. The number of hydrogen-bond donors (Lipinski definition) is 3. The molecule has 6 nitrogen and oxygen atoms in total. The van der Waals surface area contributed by atoms with Crippen molar-refractivity contribution in [1.29, 1.82) is 0 Å². The summed E-state index contributed by atoms with van der Waals surface area (Å²) in [4.78, 5) is 24.6. The van der Waals surface area contributed by atoms with Crippen LogP contribution in [0.1, 0.15) is 0 Å². The van der Waals surface area contributed by atoms with Gasteiger partial charge in [-0.2, -0.15) is 0 Å². The fourth-order valence-electron chi connectivity index (χ4n) is 0.766. The highest BCUT2D eigenvalue weighted by Gasteiger charge is 2.04. The lowest BCUT2D eigenvalue weighted by Gasteiger charge is -2.04. The number of aliphatic carboxylic acids is 1. The molecule has 3 N–H and O–H groups in total. The number of rotatable bonds is 3. The van der Waals surface area contributed by atoms with Gasteiger partial charge in [0.2, 0.25) is 0 Å². The molecule has 1 rings (SSSR count). The first-order chi connectivity index (χ1) is 7.08. The molecule has 15 heavy (non-hydrogen) atoms. The molecule has 0 saturated carbocycles. The zero-order valence-corrected chi connectivity index (χ0v) is 7.53. The smallest absolute Gasteiger partial charge is 0.323 e. The van der Waals surface area contributed by atoms with Crippen LogP contribution in [0.3, 0.4) is 0 Å². The van der Waals surface area contributed by atoms with Crippen molar-refractivity contribution >= 4 is 17.8 Å². The molecule has 1 aromatic heterocycles. The van der Waals surface area contributed by atoms with Crippen LogP contribution in [0.2, 0.25) is 0 Å². The predicted octanol–water partition coefficient (Wildman–Crippen LogP) is 0.427. The number of halogens is 1. The highest BCUT2D eigenvalue weighted by atomic mass is 19.1. The highest BCUT2D eigenvalue weighted by molar-refractivity contribution is 5.90. The third-order valence-electron chi connectivity index (χ3n) is 1.37. The van der Waals surface area contributed by atoms with E-state index in [0.29, 0.717) is 0 Å². The maximum Gasteiger partial charge on any atom is 0.323 e. The van der Waals surface area contributed by atoms with Crippen molar-refractivity contribution in [2.75, 3.05) is 11.9 Å².